The molecule has 0 radical (unpaired) electrons. The highest BCUT2D eigenvalue weighted by atomic mass is 79.9. The third kappa shape index (κ3) is 6.90. The summed E-state index contributed by atoms with van der Waals surface area (Å²) in [5, 5.41) is 0. The van der Waals surface area contributed by atoms with Crippen LogP contribution in [0.2, 0.25) is 0 Å². The summed E-state index contributed by atoms with van der Waals surface area (Å²) in [6.07, 6.45) is 1.07. The molecule has 1 aromatic carbocycles. The molecule has 0 fully saturated rings. The topological polar surface area (TPSA) is 27.7 Å². The van der Waals surface area contributed by atoms with Crippen molar-refractivity contribution in [1.29, 1.82) is 0 Å². The van der Waals surface area contributed by atoms with Gasteiger partial charge in [-0.1, -0.05) is 13.8 Å². The molecule has 0 aromatic heterocycles. The third-order valence-electron chi connectivity index (χ3n) is 2.84. The number of rotatable bonds is 10. The lowest BCUT2D eigenvalue weighted by molar-refractivity contribution is 0.0911. The van der Waals surface area contributed by atoms with Gasteiger partial charge in [0.1, 0.15) is 6.61 Å². The molecule has 120 valence electrons. The van der Waals surface area contributed by atoms with Crippen molar-refractivity contribution in [3.8, 4) is 11.5 Å². The SMILES string of the molecule is CCOc1cc(CCl)cc(Br)c1OCCOCCC(C)C. The van der Waals surface area contributed by atoms with Crippen LogP contribution in [0, 0.1) is 5.92 Å². The average Bonchev–Trinajstić information content (AvgIpc) is 2.44. The number of benzene rings is 1. The molecule has 0 heterocycles. The minimum Gasteiger partial charge on any atom is -0.490 e. The van der Waals surface area contributed by atoms with Crippen molar-refractivity contribution in [3.05, 3.63) is 22.2 Å². The number of halogens is 2. The van der Waals surface area contributed by atoms with Crippen molar-refractivity contribution in [3.63, 3.8) is 0 Å². The van der Waals surface area contributed by atoms with Crippen LogP contribution in [0.4, 0.5) is 0 Å². The summed E-state index contributed by atoms with van der Waals surface area (Å²) in [6, 6.07) is 3.86. The number of alkyl halides is 1. The summed E-state index contributed by atoms with van der Waals surface area (Å²) >= 11 is 9.38. The van der Waals surface area contributed by atoms with E-state index in [4.69, 9.17) is 25.8 Å². The van der Waals surface area contributed by atoms with Crippen molar-refractivity contribution in [2.24, 2.45) is 5.92 Å². The van der Waals surface area contributed by atoms with Crippen molar-refractivity contribution in [1.82, 2.24) is 0 Å². The highest BCUT2D eigenvalue weighted by Crippen LogP contribution is 2.37. The molecular weight excluding hydrogens is 356 g/mol. The van der Waals surface area contributed by atoms with Crippen LogP contribution in [0.25, 0.3) is 0 Å². The van der Waals surface area contributed by atoms with Crippen molar-refractivity contribution >= 4 is 27.5 Å². The van der Waals surface area contributed by atoms with Crippen LogP contribution in [0.5, 0.6) is 11.5 Å². The lowest BCUT2D eigenvalue weighted by atomic mass is 10.1. The van der Waals surface area contributed by atoms with E-state index in [1.165, 1.54) is 0 Å². The summed E-state index contributed by atoms with van der Waals surface area (Å²) < 4.78 is 17.8. The van der Waals surface area contributed by atoms with Gasteiger partial charge in [0.2, 0.25) is 0 Å². The van der Waals surface area contributed by atoms with Crippen LogP contribution >= 0.6 is 27.5 Å². The second-order valence-electron chi connectivity index (χ2n) is 5.11. The van der Waals surface area contributed by atoms with E-state index in [-0.39, 0.29) is 0 Å². The Morgan fingerprint density at radius 2 is 1.90 bits per heavy atom. The lowest BCUT2D eigenvalue weighted by Gasteiger charge is -2.15. The Kier molecular flexibility index (Phi) is 9.13. The van der Waals surface area contributed by atoms with Gasteiger partial charge in [-0.25, -0.2) is 0 Å². The molecule has 3 nitrogen and oxygen atoms in total. The number of hydrogen-bond donors (Lipinski definition) is 0. The molecule has 0 aliphatic rings. The van der Waals surface area contributed by atoms with Crippen LogP contribution in [-0.4, -0.2) is 26.4 Å². The van der Waals surface area contributed by atoms with Gasteiger partial charge < -0.3 is 14.2 Å². The molecule has 5 heteroatoms. The summed E-state index contributed by atoms with van der Waals surface area (Å²) in [5.41, 5.74) is 0.993. The Bertz CT molecular complexity index is 424. The Hall–Kier alpha value is -0.450. The molecule has 1 aromatic rings. The summed E-state index contributed by atoms with van der Waals surface area (Å²) in [5.74, 6) is 2.52. The molecule has 0 unspecified atom stereocenters. The minimum absolute atomic E-state index is 0.442. The lowest BCUT2D eigenvalue weighted by Crippen LogP contribution is -2.10. The molecule has 0 aliphatic heterocycles. The summed E-state index contributed by atoms with van der Waals surface area (Å²) in [4.78, 5) is 0. The van der Waals surface area contributed by atoms with Crippen molar-refractivity contribution in [2.75, 3.05) is 26.4 Å². The molecule has 0 saturated carbocycles. The van der Waals surface area contributed by atoms with Crippen LogP contribution in [0.1, 0.15) is 32.8 Å². The molecule has 0 N–H and O–H groups in total. The van der Waals surface area contributed by atoms with E-state index < -0.39 is 0 Å². The first-order valence-corrected chi connectivity index (χ1v) is 8.63. The van der Waals surface area contributed by atoms with Gasteiger partial charge >= 0.3 is 0 Å². The van der Waals surface area contributed by atoms with E-state index in [0.29, 0.717) is 43.1 Å². The molecule has 0 atom stereocenters. The molecule has 0 amide bonds. The van der Waals surface area contributed by atoms with E-state index in [9.17, 15) is 0 Å². The Morgan fingerprint density at radius 3 is 2.52 bits per heavy atom. The molecule has 21 heavy (non-hydrogen) atoms. The zero-order chi connectivity index (χ0) is 15.7. The monoisotopic (exact) mass is 378 g/mol. The highest BCUT2D eigenvalue weighted by molar-refractivity contribution is 9.10. The second kappa shape index (κ2) is 10.3. The quantitative estimate of drug-likeness (QED) is 0.421. The van der Waals surface area contributed by atoms with Gasteiger partial charge in [0, 0.05) is 12.5 Å². The fourth-order valence-corrected chi connectivity index (χ4v) is 2.48. The van der Waals surface area contributed by atoms with Gasteiger partial charge in [-0.05, 0) is 52.9 Å². The minimum atomic E-state index is 0.442. The zero-order valence-electron chi connectivity index (χ0n) is 13.0. The molecule has 0 aliphatic carbocycles. The van der Waals surface area contributed by atoms with Crippen LogP contribution in [0.15, 0.2) is 16.6 Å². The van der Waals surface area contributed by atoms with Gasteiger partial charge in [-0.15, -0.1) is 11.6 Å². The first-order chi connectivity index (χ1) is 10.1. The van der Waals surface area contributed by atoms with Crippen LogP contribution in [-0.2, 0) is 10.6 Å². The number of ether oxygens (including phenoxy) is 3. The fraction of sp³-hybridized carbons (Fsp3) is 0.625. The van der Waals surface area contributed by atoms with Gasteiger partial charge in [-0.3, -0.25) is 0 Å². The molecule has 0 saturated heterocycles. The van der Waals surface area contributed by atoms with E-state index >= 15 is 0 Å². The van der Waals surface area contributed by atoms with E-state index in [0.717, 1.165) is 23.1 Å². The largest absolute Gasteiger partial charge is 0.490 e. The van der Waals surface area contributed by atoms with E-state index in [2.05, 4.69) is 29.8 Å². The normalized spacial score (nSPS) is 11.0. The summed E-state index contributed by atoms with van der Waals surface area (Å²) in [6.45, 7) is 8.73. The Labute approximate surface area is 141 Å². The molecule has 0 spiro atoms. The standard InChI is InChI=1S/C16H24BrClO3/c1-4-20-15-10-13(11-18)9-14(17)16(15)21-8-7-19-6-5-12(2)3/h9-10,12H,4-8,11H2,1-3H3. The Morgan fingerprint density at radius 1 is 1.14 bits per heavy atom. The van der Waals surface area contributed by atoms with Gasteiger partial charge in [0.25, 0.3) is 0 Å². The summed E-state index contributed by atoms with van der Waals surface area (Å²) in [7, 11) is 0. The first-order valence-electron chi connectivity index (χ1n) is 7.30. The maximum Gasteiger partial charge on any atom is 0.175 e. The molecular formula is C16H24BrClO3. The van der Waals surface area contributed by atoms with Crippen molar-refractivity contribution in [2.45, 2.75) is 33.1 Å². The van der Waals surface area contributed by atoms with E-state index in [1.54, 1.807) is 0 Å². The number of hydrogen-bond acceptors (Lipinski definition) is 3. The fourth-order valence-electron chi connectivity index (χ4n) is 1.73. The van der Waals surface area contributed by atoms with E-state index in [1.807, 2.05) is 19.1 Å². The van der Waals surface area contributed by atoms with Gasteiger partial charge in [0.15, 0.2) is 11.5 Å². The first kappa shape index (κ1) is 18.6. The maximum atomic E-state index is 5.87. The molecule has 0 bridgehead atoms. The predicted molar refractivity (Wildman–Crippen MR) is 90.6 cm³/mol. The van der Waals surface area contributed by atoms with Gasteiger partial charge in [0.05, 0.1) is 17.7 Å². The predicted octanol–water partition coefficient (Wildman–Crippen LogP) is 5.03. The van der Waals surface area contributed by atoms with Crippen LogP contribution < -0.4 is 9.47 Å². The molecule has 1 rings (SSSR count). The highest BCUT2D eigenvalue weighted by Gasteiger charge is 2.12. The average molecular weight is 380 g/mol. The maximum absolute atomic E-state index is 5.87. The second-order valence-corrected chi connectivity index (χ2v) is 6.24. The zero-order valence-corrected chi connectivity index (χ0v) is 15.3. The smallest absolute Gasteiger partial charge is 0.175 e. The Balaban J connectivity index is 2.53. The van der Waals surface area contributed by atoms with Crippen molar-refractivity contribution < 1.29 is 14.2 Å². The van der Waals surface area contributed by atoms with Gasteiger partial charge in [-0.2, -0.15) is 0 Å². The third-order valence-corrected chi connectivity index (χ3v) is 3.73. The van der Waals surface area contributed by atoms with Crippen LogP contribution in [0.3, 0.4) is 0 Å².